The average Bonchev–Trinajstić information content (AvgIpc) is 3.61. The smallest absolute Gasteiger partial charge is 0.234 e. The molecule has 0 radical (unpaired) electrons. The highest BCUT2D eigenvalue weighted by Crippen LogP contribution is 2.28. The molecule has 1 N–H and O–H groups in total. The number of amides is 2. The first-order valence-electron chi connectivity index (χ1n) is 11.7. The van der Waals surface area contributed by atoms with Gasteiger partial charge in [0.05, 0.1) is 18.4 Å². The zero-order valence-electron chi connectivity index (χ0n) is 19.2. The molecule has 3 aromatic rings. The number of thioether (sulfide) groups is 1. The molecule has 0 bridgehead atoms. The van der Waals surface area contributed by atoms with Gasteiger partial charge in [-0.3, -0.25) is 14.2 Å². The number of rotatable bonds is 8. The van der Waals surface area contributed by atoms with Crippen LogP contribution in [-0.4, -0.2) is 51.6 Å². The second-order valence-corrected chi connectivity index (χ2v) is 9.54. The molecule has 2 amide bonds. The summed E-state index contributed by atoms with van der Waals surface area (Å²) in [6.07, 6.45) is 3.40. The molecule has 5 rings (SSSR count). The number of hydrogen-bond acceptors (Lipinski definition) is 6. The van der Waals surface area contributed by atoms with E-state index in [1.807, 2.05) is 22.8 Å². The largest absolute Gasteiger partial charge is 0.376 e. The van der Waals surface area contributed by atoms with Gasteiger partial charge < -0.3 is 15.0 Å². The second kappa shape index (κ2) is 10.6. The van der Waals surface area contributed by atoms with E-state index in [1.165, 1.54) is 23.9 Å². The molecular formula is C25H26FN5O3S. The molecule has 0 unspecified atom stereocenters. The Hall–Kier alpha value is -3.24. The van der Waals surface area contributed by atoms with Gasteiger partial charge in [-0.25, -0.2) is 4.39 Å². The van der Waals surface area contributed by atoms with Gasteiger partial charge in [0.2, 0.25) is 11.8 Å². The molecule has 0 spiro atoms. The molecule has 0 saturated carbocycles. The fraction of sp³-hybridized carbons (Fsp3) is 0.360. The lowest BCUT2D eigenvalue weighted by molar-refractivity contribution is -0.117. The fourth-order valence-corrected chi connectivity index (χ4v) is 5.11. The number of nitrogens with zero attached hydrogens (tertiary/aromatic N) is 4. The standard InChI is InChI=1S/C25H26FN5O3S/c26-18-10-8-17(9-11-18)24-28-29-25(31(24)15-21-6-3-13-34-21)35-16-22(32)27-19-4-1-5-20(14-19)30-12-2-7-23(30)33/h1,4-5,8-11,14,21H,2-3,6-7,12-13,15-16H2,(H,27,32)/t21-/m0/s1. The molecular weight excluding hydrogens is 469 g/mol. The fourth-order valence-electron chi connectivity index (χ4n) is 4.36. The molecule has 1 aromatic heterocycles. The van der Waals surface area contributed by atoms with Crippen molar-refractivity contribution in [2.24, 2.45) is 0 Å². The highest BCUT2D eigenvalue weighted by atomic mass is 32.2. The van der Waals surface area contributed by atoms with Crippen LogP contribution in [0.1, 0.15) is 25.7 Å². The van der Waals surface area contributed by atoms with E-state index >= 15 is 0 Å². The van der Waals surface area contributed by atoms with Gasteiger partial charge in [-0.2, -0.15) is 0 Å². The van der Waals surface area contributed by atoms with Crippen LogP contribution >= 0.6 is 11.8 Å². The Morgan fingerprint density at radius 1 is 1.17 bits per heavy atom. The van der Waals surface area contributed by atoms with Crippen molar-refractivity contribution < 1.29 is 18.7 Å². The van der Waals surface area contributed by atoms with E-state index in [0.29, 0.717) is 36.2 Å². The minimum atomic E-state index is -0.316. The number of anilines is 2. The van der Waals surface area contributed by atoms with Gasteiger partial charge in [0.1, 0.15) is 5.82 Å². The minimum Gasteiger partial charge on any atom is -0.376 e. The average molecular weight is 496 g/mol. The lowest BCUT2D eigenvalue weighted by Crippen LogP contribution is -2.24. The third kappa shape index (κ3) is 5.54. The van der Waals surface area contributed by atoms with Crippen molar-refractivity contribution in [2.75, 3.05) is 29.1 Å². The molecule has 35 heavy (non-hydrogen) atoms. The summed E-state index contributed by atoms with van der Waals surface area (Å²) in [6.45, 7) is 1.99. The summed E-state index contributed by atoms with van der Waals surface area (Å²) in [4.78, 5) is 26.5. The van der Waals surface area contributed by atoms with E-state index in [1.54, 1.807) is 23.1 Å². The predicted molar refractivity (Wildman–Crippen MR) is 132 cm³/mol. The zero-order chi connectivity index (χ0) is 24.2. The first-order chi connectivity index (χ1) is 17.1. The van der Waals surface area contributed by atoms with Crippen LogP contribution in [0.3, 0.4) is 0 Å². The Morgan fingerprint density at radius 3 is 2.77 bits per heavy atom. The third-order valence-corrected chi connectivity index (χ3v) is 7.04. The maximum absolute atomic E-state index is 13.4. The van der Waals surface area contributed by atoms with Gasteiger partial charge in [0.25, 0.3) is 0 Å². The predicted octanol–water partition coefficient (Wildman–Crippen LogP) is 4.12. The number of halogens is 1. The molecule has 8 nitrogen and oxygen atoms in total. The number of carbonyl (C=O) groups excluding carboxylic acids is 2. The summed E-state index contributed by atoms with van der Waals surface area (Å²) in [5.74, 6) is 0.358. The molecule has 10 heteroatoms. The first-order valence-corrected chi connectivity index (χ1v) is 12.7. The Morgan fingerprint density at radius 2 is 2.03 bits per heavy atom. The number of hydrogen-bond donors (Lipinski definition) is 1. The Bertz CT molecular complexity index is 1210. The van der Waals surface area contributed by atoms with Crippen LogP contribution in [0.25, 0.3) is 11.4 Å². The molecule has 2 aliphatic rings. The molecule has 2 saturated heterocycles. The van der Waals surface area contributed by atoms with Crippen molar-refractivity contribution in [3.63, 3.8) is 0 Å². The zero-order valence-corrected chi connectivity index (χ0v) is 20.0. The number of benzene rings is 2. The van der Waals surface area contributed by atoms with Gasteiger partial charge in [-0.1, -0.05) is 17.8 Å². The van der Waals surface area contributed by atoms with Gasteiger partial charge in [-0.15, -0.1) is 10.2 Å². The van der Waals surface area contributed by atoms with Crippen molar-refractivity contribution >= 4 is 35.0 Å². The Labute approximate surface area is 206 Å². The highest BCUT2D eigenvalue weighted by molar-refractivity contribution is 7.99. The van der Waals surface area contributed by atoms with Gasteiger partial charge >= 0.3 is 0 Å². The first kappa shape index (κ1) is 23.5. The number of nitrogens with one attached hydrogen (secondary N) is 1. The summed E-state index contributed by atoms with van der Waals surface area (Å²) in [5.41, 5.74) is 2.18. The molecule has 182 valence electrons. The quantitative estimate of drug-likeness (QED) is 0.473. The van der Waals surface area contributed by atoms with E-state index < -0.39 is 0 Å². The van der Waals surface area contributed by atoms with E-state index in [0.717, 1.165) is 37.1 Å². The van der Waals surface area contributed by atoms with Crippen LogP contribution in [0.5, 0.6) is 0 Å². The van der Waals surface area contributed by atoms with Crippen molar-refractivity contribution in [1.82, 2.24) is 14.8 Å². The normalized spacial score (nSPS) is 17.8. The summed E-state index contributed by atoms with van der Waals surface area (Å²) < 4.78 is 21.2. The molecule has 1 atom stereocenters. The minimum absolute atomic E-state index is 0.0504. The summed E-state index contributed by atoms with van der Waals surface area (Å²) in [6, 6.07) is 13.5. The summed E-state index contributed by atoms with van der Waals surface area (Å²) in [7, 11) is 0. The van der Waals surface area contributed by atoms with Crippen LogP contribution in [0.15, 0.2) is 53.7 Å². The lowest BCUT2D eigenvalue weighted by atomic mass is 10.2. The monoisotopic (exact) mass is 495 g/mol. The van der Waals surface area contributed by atoms with Crippen molar-refractivity contribution in [2.45, 2.75) is 43.5 Å². The number of aromatic nitrogens is 3. The van der Waals surface area contributed by atoms with E-state index in [-0.39, 0.29) is 29.5 Å². The van der Waals surface area contributed by atoms with Crippen molar-refractivity contribution in [3.05, 3.63) is 54.3 Å². The van der Waals surface area contributed by atoms with E-state index in [4.69, 9.17) is 4.74 Å². The maximum atomic E-state index is 13.4. The van der Waals surface area contributed by atoms with Crippen LogP contribution in [0.2, 0.25) is 0 Å². The maximum Gasteiger partial charge on any atom is 0.234 e. The van der Waals surface area contributed by atoms with E-state index in [2.05, 4.69) is 15.5 Å². The topological polar surface area (TPSA) is 89.3 Å². The molecule has 2 aromatic carbocycles. The van der Waals surface area contributed by atoms with E-state index in [9.17, 15) is 14.0 Å². The van der Waals surface area contributed by atoms with Crippen molar-refractivity contribution in [1.29, 1.82) is 0 Å². The third-order valence-electron chi connectivity index (χ3n) is 6.08. The molecule has 2 fully saturated rings. The number of ether oxygens (including phenoxy) is 1. The lowest BCUT2D eigenvalue weighted by Gasteiger charge is -2.17. The second-order valence-electron chi connectivity index (χ2n) is 8.59. The van der Waals surface area contributed by atoms with Crippen molar-refractivity contribution in [3.8, 4) is 11.4 Å². The van der Waals surface area contributed by atoms with Crippen LogP contribution in [-0.2, 0) is 20.9 Å². The molecule has 0 aliphatic carbocycles. The van der Waals surface area contributed by atoms with Gasteiger partial charge in [-0.05, 0) is 61.7 Å². The van der Waals surface area contributed by atoms with Crippen LogP contribution in [0.4, 0.5) is 15.8 Å². The van der Waals surface area contributed by atoms with Gasteiger partial charge in [0.15, 0.2) is 11.0 Å². The van der Waals surface area contributed by atoms with Crippen LogP contribution < -0.4 is 10.2 Å². The SMILES string of the molecule is O=C(CSc1nnc(-c2ccc(F)cc2)n1C[C@@H]1CCCO1)Nc1cccc(N2CCCC2=O)c1. The van der Waals surface area contributed by atoms with Gasteiger partial charge in [0, 0.05) is 36.5 Å². The summed E-state index contributed by atoms with van der Waals surface area (Å²) in [5, 5.41) is 12.2. The Balaban J connectivity index is 1.28. The molecule has 3 heterocycles. The summed E-state index contributed by atoms with van der Waals surface area (Å²) >= 11 is 1.29. The number of carbonyl (C=O) groups is 2. The molecule has 2 aliphatic heterocycles. The van der Waals surface area contributed by atoms with Crippen LogP contribution in [0, 0.1) is 5.82 Å². The Kier molecular flexibility index (Phi) is 7.10. The highest BCUT2D eigenvalue weighted by Gasteiger charge is 2.23.